The molecule has 0 aromatic heterocycles. The number of hydrogen-bond acceptors (Lipinski definition) is 7. The topological polar surface area (TPSA) is 136 Å². The third-order valence-electron chi connectivity index (χ3n) is 6.86. The van der Waals surface area contributed by atoms with Crippen LogP contribution in [0.15, 0.2) is 71.6 Å². The molecule has 1 aliphatic heterocycles. The second-order valence-electron chi connectivity index (χ2n) is 8.83. The quantitative estimate of drug-likeness (QED) is 0.219. The Balaban J connectivity index is 1.55. The summed E-state index contributed by atoms with van der Waals surface area (Å²) in [5, 5.41) is 35.1. The van der Waals surface area contributed by atoms with E-state index < -0.39 is 21.2 Å². The number of aromatic carboxylic acids is 1. The molecule has 5 rings (SSSR count). The van der Waals surface area contributed by atoms with Crippen LogP contribution in [0.25, 0.3) is 0 Å². The zero-order valence-electron chi connectivity index (χ0n) is 18.6. The van der Waals surface area contributed by atoms with E-state index in [0.29, 0.717) is 11.3 Å². The number of carboxylic acid groups (broad SMARTS) is 1. The molecule has 36 heavy (non-hydrogen) atoms. The van der Waals surface area contributed by atoms with Crippen molar-refractivity contribution in [2.24, 2.45) is 5.92 Å². The number of nitrogens with zero attached hydrogens (tertiary/aromatic N) is 2. The van der Waals surface area contributed by atoms with E-state index in [9.17, 15) is 30.1 Å². The van der Waals surface area contributed by atoms with Crippen LogP contribution in [0.3, 0.4) is 0 Å². The number of halogens is 1. The van der Waals surface area contributed by atoms with Crippen molar-refractivity contribution in [3.8, 4) is 0 Å². The average molecular weight is 526 g/mol. The Morgan fingerprint density at radius 2 is 1.75 bits per heavy atom. The van der Waals surface area contributed by atoms with Gasteiger partial charge in [0, 0.05) is 35.1 Å². The summed E-state index contributed by atoms with van der Waals surface area (Å²) in [6, 6.07) is 17.6. The lowest BCUT2D eigenvalue weighted by Gasteiger charge is -2.38. The lowest BCUT2D eigenvalue weighted by Crippen LogP contribution is -2.31. The van der Waals surface area contributed by atoms with Crippen molar-refractivity contribution in [1.82, 2.24) is 0 Å². The predicted molar refractivity (Wildman–Crippen MR) is 136 cm³/mol. The van der Waals surface area contributed by atoms with Crippen molar-refractivity contribution in [3.05, 3.63) is 104 Å². The van der Waals surface area contributed by atoms with Crippen molar-refractivity contribution in [2.45, 2.75) is 33.9 Å². The highest BCUT2D eigenvalue weighted by molar-refractivity contribution is 8.00. The summed E-state index contributed by atoms with van der Waals surface area (Å²) in [4.78, 5) is 34.0. The molecular formula is C25H20ClN3O6S. The lowest BCUT2D eigenvalue weighted by atomic mass is 9.77. The van der Waals surface area contributed by atoms with E-state index in [4.69, 9.17) is 11.6 Å². The Kier molecular flexibility index (Phi) is 6.31. The molecule has 2 N–H and O–H groups in total. The molecule has 0 saturated heterocycles. The number of hydrogen-bond donors (Lipinski definition) is 2. The summed E-state index contributed by atoms with van der Waals surface area (Å²) in [6.45, 7) is 0. The largest absolute Gasteiger partial charge is 0.478 e. The molecule has 3 aromatic rings. The number of alkyl halides is 1. The highest BCUT2D eigenvalue weighted by Gasteiger charge is 2.50. The zero-order chi connectivity index (χ0) is 25.6. The van der Waals surface area contributed by atoms with Gasteiger partial charge < -0.3 is 10.4 Å². The fourth-order valence-electron chi connectivity index (χ4n) is 5.25. The smallest absolute Gasteiger partial charge is 0.335 e. The molecule has 184 valence electrons. The minimum absolute atomic E-state index is 0.0101. The van der Waals surface area contributed by atoms with E-state index in [1.54, 1.807) is 42.5 Å². The Hall–Kier alpha value is -3.63. The Morgan fingerprint density at radius 3 is 2.42 bits per heavy atom. The number of anilines is 1. The van der Waals surface area contributed by atoms with Crippen LogP contribution in [-0.4, -0.2) is 31.5 Å². The first-order chi connectivity index (χ1) is 17.2. The minimum Gasteiger partial charge on any atom is -0.478 e. The molecule has 11 heteroatoms. The third-order valence-corrected chi connectivity index (χ3v) is 8.98. The number of carboxylic acids is 1. The molecule has 1 heterocycles. The van der Waals surface area contributed by atoms with Crippen LogP contribution in [0.4, 0.5) is 17.1 Å². The van der Waals surface area contributed by atoms with Gasteiger partial charge in [0.2, 0.25) is 0 Å². The maximum Gasteiger partial charge on any atom is 0.335 e. The van der Waals surface area contributed by atoms with Crippen molar-refractivity contribution in [3.63, 3.8) is 0 Å². The number of fused-ring (bicyclic) bond motifs is 3. The van der Waals surface area contributed by atoms with Crippen LogP contribution in [0.2, 0.25) is 0 Å². The summed E-state index contributed by atoms with van der Waals surface area (Å²) in [5.74, 6) is -1.32. The van der Waals surface area contributed by atoms with E-state index >= 15 is 0 Å². The number of non-ortho nitro benzene ring substituents is 1. The average Bonchev–Trinajstić information content (AvgIpc) is 3.19. The molecule has 0 radical (unpaired) electrons. The molecule has 0 bridgehead atoms. The van der Waals surface area contributed by atoms with E-state index in [-0.39, 0.29) is 40.1 Å². The first kappa shape index (κ1) is 24.1. The predicted octanol–water partition coefficient (Wildman–Crippen LogP) is 6.24. The van der Waals surface area contributed by atoms with Crippen LogP contribution in [0.1, 0.15) is 39.9 Å². The standard InChI is InChI=1S/C25H20ClN3O6S/c26-23-21(36-20-4-2-1-3-19(20)29(34)35)12-17-22(23)16-11-14(25(30)31)7-10-18(16)27-24(17)13-5-8-15(9-6-13)28(32)33/h1-11,17,21-24,27H,12H2,(H,30,31)/t17-,21-,22+,23-,24-/m1/s1. The van der Waals surface area contributed by atoms with Gasteiger partial charge in [-0.2, -0.15) is 0 Å². The monoisotopic (exact) mass is 525 g/mol. The van der Waals surface area contributed by atoms with Gasteiger partial charge in [-0.05, 0) is 47.7 Å². The fourth-order valence-corrected chi connectivity index (χ4v) is 7.20. The molecule has 3 aromatic carbocycles. The molecule has 0 unspecified atom stereocenters. The molecule has 1 fully saturated rings. The second-order valence-corrected chi connectivity index (χ2v) is 10.6. The third kappa shape index (κ3) is 4.27. The Bertz CT molecular complexity index is 1370. The number of nitrogens with one attached hydrogen (secondary N) is 1. The summed E-state index contributed by atoms with van der Waals surface area (Å²) in [6.07, 6.45) is 0.612. The number of benzene rings is 3. The fraction of sp³-hybridized carbons (Fsp3) is 0.240. The number of thioether (sulfide) groups is 1. The summed E-state index contributed by atoms with van der Waals surface area (Å²) < 4.78 is 0. The van der Waals surface area contributed by atoms with E-state index in [0.717, 1.165) is 16.8 Å². The number of rotatable bonds is 6. The van der Waals surface area contributed by atoms with Gasteiger partial charge in [-0.1, -0.05) is 24.3 Å². The first-order valence-corrected chi connectivity index (χ1v) is 12.5. The van der Waals surface area contributed by atoms with E-state index in [1.165, 1.54) is 36.0 Å². The second kappa shape index (κ2) is 9.44. The van der Waals surface area contributed by atoms with Crippen molar-refractivity contribution in [2.75, 3.05) is 5.32 Å². The maximum atomic E-state index is 11.7. The molecular weight excluding hydrogens is 506 g/mol. The number of nitro benzene ring substituents is 2. The molecule has 0 amide bonds. The molecule has 2 aliphatic rings. The Labute approximate surface area is 214 Å². The van der Waals surface area contributed by atoms with Gasteiger partial charge in [-0.15, -0.1) is 23.4 Å². The minimum atomic E-state index is -1.04. The number of para-hydroxylation sites is 1. The van der Waals surface area contributed by atoms with Crippen LogP contribution < -0.4 is 5.32 Å². The van der Waals surface area contributed by atoms with Gasteiger partial charge in [0.05, 0.1) is 31.7 Å². The summed E-state index contributed by atoms with van der Waals surface area (Å²) >= 11 is 8.42. The molecule has 5 atom stereocenters. The lowest BCUT2D eigenvalue weighted by molar-refractivity contribution is -0.387. The van der Waals surface area contributed by atoms with E-state index in [2.05, 4.69) is 5.32 Å². The number of nitro groups is 2. The highest BCUT2D eigenvalue weighted by Crippen LogP contribution is 2.58. The van der Waals surface area contributed by atoms with Crippen molar-refractivity contribution in [1.29, 1.82) is 0 Å². The van der Waals surface area contributed by atoms with Gasteiger partial charge in [0.25, 0.3) is 11.4 Å². The summed E-state index contributed by atoms with van der Waals surface area (Å²) in [5.41, 5.74) is 2.56. The normalized spacial score (nSPS) is 24.3. The molecule has 1 aliphatic carbocycles. The first-order valence-electron chi connectivity index (χ1n) is 11.2. The zero-order valence-corrected chi connectivity index (χ0v) is 20.2. The van der Waals surface area contributed by atoms with Gasteiger partial charge >= 0.3 is 5.97 Å². The maximum absolute atomic E-state index is 11.7. The van der Waals surface area contributed by atoms with Crippen molar-refractivity contribution >= 4 is 46.4 Å². The van der Waals surface area contributed by atoms with Crippen LogP contribution in [0, 0.1) is 26.1 Å². The summed E-state index contributed by atoms with van der Waals surface area (Å²) in [7, 11) is 0. The van der Waals surface area contributed by atoms with Gasteiger partial charge in [0.1, 0.15) is 0 Å². The van der Waals surface area contributed by atoms with Gasteiger partial charge in [0.15, 0.2) is 0 Å². The van der Waals surface area contributed by atoms with Crippen LogP contribution in [-0.2, 0) is 0 Å². The van der Waals surface area contributed by atoms with Crippen LogP contribution in [0.5, 0.6) is 0 Å². The van der Waals surface area contributed by atoms with E-state index in [1.807, 2.05) is 0 Å². The molecule has 9 nitrogen and oxygen atoms in total. The van der Waals surface area contributed by atoms with Gasteiger partial charge in [-0.25, -0.2) is 4.79 Å². The number of carbonyl (C=O) groups is 1. The van der Waals surface area contributed by atoms with Gasteiger partial charge in [-0.3, -0.25) is 20.2 Å². The Morgan fingerprint density at radius 1 is 1.03 bits per heavy atom. The molecule has 0 spiro atoms. The van der Waals surface area contributed by atoms with Crippen molar-refractivity contribution < 1.29 is 19.7 Å². The SMILES string of the molecule is O=C(O)c1ccc2c(c1)[C@@H]1[C@H](Cl)[C@H](Sc3ccccc3[N+](=O)[O-])C[C@H]1[C@@H](c1ccc([N+](=O)[O-])cc1)N2. The highest BCUT2D eigenvalue weighted by atomic mass is 35.5. The van der Waals surface area contributed by atoms with Crippen LogP contribution >= 0.6 is 23.4 Å². The molecule has 1 saturated carbocycles.